The zero-order valence-electron chi connectivity index (χ0n) is 9.72. The van der Waals surface area contributed by atoms with Crippen LogP contribution in [0.25, 0.3) is 0 Å². The van der Waals surface area contributed by atoms with Gasteiger partial charge in [0, 0.05) is 18.2 Å². The second-order valence-electron chi connectivity index (χ2n) is 3.95. The van der Waals surface area contributed by atoms with Crippen LogP contribution < -0.4 is 5.73 Å². The van der Waals surface area contributed by atoms with Crippen molar-refractivity contribution in [2.75, 3.05) is 0 Å². The van der Waals surface area contributed by atoms with Gasteiger partial charge in [0.15, 0.2) is 0 Å². The lowest BCUT2D eigenvalue weighted by Crippen LogP contribution is -2.20. The maximum absolute atomic E-state index is 10.6. The predicted octanol–water partition coefficient (Wildman–Crippen LogP) is 3.03. The fraction of sp³-hybridized carbons (Fsp3) is 0.500. The summed E-state index contributed by atoms with van der Waals surface area (Å²) in [6, 6.07) is 6.49. The summed E-state index contributed by atoms with van der Waals surface area (Å²) in [4.78, 5) is 10.3. The van der Waals surface area contributed by atoms with E-state index in [1.165, 1.54) is 6.07 Å². The van der Waals surface area contributed by atoms with Crippen molar-refractivity contribution in [3.05, 3.63) is 39.9 Å². The highest BCUT2D eigenvalue weighted by atomic mass is 16.6. The first-order chi connectivity index (χ1) is 7.60. The van der Waals surface area contributed by atoms with Crippen LogP contribution in [0, 0.1) is 16.0 Å². The Morgan fingerprint density at radius 3 is 2.50 bits per heavy atom. The molecule has 0 aliphatic heterocycles. The number of nitrogens with two attached hydrogens (primary N) is 1. The minimum atomic E-state index is -0.386. The van der Waals surface area contributed by atoms with E-state index in [0.717, 1.165) is 18.4 Å². The molecular formula is C12H18N2O2. The maximum Gasteiger partial charge on any atom is 0.269 e. The molecule has 0 saturated carbocycles. The molecule has 2 N–H and O–H groups in total. The third kappa shape index (κ3) is 2.79. The van der Waals surface area contributed by atoms with E-state index in [4.69, 9.17) is 5.73 Å². The summed E-state index contributed by atoms with van der Waals surface area (Å²) in [5.74, 6) is 0.377. The number of hydrogen-bond donors (Lipinski definition) is 1. The molecule has 1 rings (SSSR count). The van der Waals surface area contributed by atoms with Crippen LogP contribution in [0.15, 0.2) is 24.3 Å². The number of hydrogen-bond acceptors (Lipinski definition) is 3. The first-order valence-corrected chi connectivity index (χ1v) is 5.60. The Balaban J connectivity index is 2.94. The standard InChI is InChI=1S/C12H18N2O2/c1-3-9(4-2)12(13)10-6-5-7-11(8-10)14(15)16/h5-9,12H,3-4,13H2,1-2H3. The monoisotopic (exact) mass is 222 g/mol. The number of non-ortho nitro benzene ring substituents is 1. The van der Waals surface area contributed by atoms with E-state index in [0.29, 0.717) is 5.92 Å². The molecule has 0 saturated heterocycles. The van der Waals surface area contributed by atoms with E-state index >= 15 is 0 Å². The maximum atomic E-state index is 10.6. The van der Waals surface area contributed by atoms with Crippen molar-refractivity contribution in [2.45, 2.75) is 32.7 Å². The van der Waals surface area contributed by atoms with E-state index in [1.807, 2.05) is 6.07 Å². The van der Waals surface area contributed by atoms with Crippen molar-refractivity contribution in [3.8, 4) is 0 Å². The molecule has 0 fully saturated rings. The van der Waals surface area contributed by atoms with Crippen molar-refractivity contribution < 1.29 is 4.92 Å². The van der Waals surface area contributed by atoms with E-state index in [1.54, 1.807) is 12.1 Å². The summed E-state index contributed by atoms with van der Waals surface area (Å²) in [7, 11) is 0. The molecule has 0 bridgehead atoms. The van der Waals surface area contributed by atoms with Crippen molar-refractivity contribution in [3.63, 3.8) is 0 Å². The quantitative estimate of drug-likeness (QED) is 0.615. The van der Waals surface area contributed by atoms with Gasteiger partial charge in [-0.3, -0.25) is 10.1 Å². The first-order valence-electron chi connectivity index (χ1n) is 5.60. The Kier molecular flexibility index (Phi) is 4.43. The van der Waals surface area contributed by atoms with Gasteiger partial charge in [-0.15, -0.1) is 0 Å². The normalized spacial score (nSPS) is 12.8. The average molecular weight is 222 g/mol. The van der Waals surface area contributed by atoms with Gasteiger partial charge in [0.25, 0.3) is 5.69 Å². The van der Waals surface area contributed by atoms with Gasteiger partial charge >= 0.3 is 0 Å². The Morgan fingerprint density at radius 1 is 1.38 bits per heavy atom. The van der Waals surface area contributed by atoms with Gasteiger partial charge in [-0.05, 0) is 11.5 Å². The summed E-state index contributed by atoms with van der Waals surface area (Å²) in [6.45, 7) is 4.18. The van der Waals surface area contributed by atoms with Crippen molar-refractivity contribution in [1.82, 2.24) is 0 Å². The summed E-state index contributed by atoms with van der Waals surface area (Å²) >= 11 is 0. The average Bonchev–Trinajstić information content (AvgIpc) is 2.30. The number of nitro groups is 1. The van der Waals surface area contributed by atoms with Crippen molar-refractivity contribution in [1.29, 1.82) is 0 Å². The lowest BCUT2D eigenvalue weighted by molar-refractivity contribution is -0.384. The lowest BCUT2D eigenvalue weighted by Gasteiger charge is -2.21. The van der Waals surface area contributed by atoms with Gasteiger partial charge < -0.3 is 5.73 Å². The van der Waals surface area contributed by atoms with Crippen LogP contribution in [-0.4, -0.2) is 4.92 Å². The molecule has 4 heteroatoms. The third-order valence-corrected chi connectivity index (χ3v) is 3.02. The molecule has 0 aliphatic carbocycles. The van der Waals surface area contributed by atoms with Crippen molar-refractivity contribution in [2.24, 2.45) is 11.7 Å². The van der Waals surface area contributed by atoms with Crippen LogP contribution in [0.4, 0.5) is 5.69 Å². The summed E-state index contributed by atoms with van der Waals surface area (Å²) in [5.41, 5.74) is 7.07. The highest BCUT2D eigenvalue weighted by Crippen LogP contribution is 2.27. The van der Waals surface area contributed by atoms with Gasteiger partial charge in [-0.25, -0.2) is 0 Å². The third-order valence-electron chi connectivity index (χ3n) is 3.02. The lowest BCUT2D eigenvalue weighted by atomic mass is 9.89. The molecule has 0 radical (unpaired) electrons. The van der Waals surface area contributed by atoms with Crippen LogP contribution in [0.1, 0.15) is 38.3 Å². The largest absolute Gasteiger partial charge is 0.324 e. The molecule has 1 aromatic rings. The van der Waals surface area contributed by atoms with Crippen molar-refractivity contribution >= 4 is 5.69 Å². The van der Waals surface area contributed by atoms with Gasteiger partial charge in [0.05, 0.1) is 4.92 Å². The number of rotatable bonds is 5. The Labute approximate surface area is 95.6 Å². The van der Waals surface area contributed by atoms with Crippen LogP contribution in [0.2, 0.25) is 0 Å². The molecule has 0 aliphatic rings. The highest BCUT2D eigenvalue weighted by Gasteiger charge is 2.17. The van der Waals surface area contributed by atoms with Crippen LogP contribution >= 0.6 is 0 Å². The first kappa shape index (κ1) is 12.6. The predicted molar refractivity (Wildman–Crippen MR) is 64.1 cm³/mol. The molecule has 0 spiro atoms. The fourth-order valence-corrected chi connectivity index (χ4v) is 1.91. The Hall–Kier alpha value is -1.42. The molecule has 88 valence electrons. The van der Waals surface area contributed by atoms with E-state index in [9.17, 15) is 10.1 Å². The number of nitro benzene ring substituents is 1. The van der Waals surface area contributed by atoms with E-state index in [-0.39, 0.29) is 16.7 Å². The van der Waals surface area contributed by atoms with E-state index < -0.39 is 0 Å². The SMILES string of the molecule is CCC(CC)C(N)c1cccc([N+](=O)[O-])c1. The van der Waals surface area contributed by atoms with Gasteiger partial charge in [0.2, 0.25) is 0 Å². The molecular weight excluding hydrogens is 204 g/mol. The molecule has 1 aromatic carbocycles. The second-order valence-corrected chi connectivity index (χ2v) is 3.95. The fourth-order valence-electron chi connectivity index (χ4n) is 1.91. The summed E-state index contributed by atoms with van der Waals surface area (Å²) < 4.78 is 0. The smallest absolute Gasteiger partial charge is 0.269 e. The molecule has 16 heavy (non-hydrogen) atoms. The summed E-state index contributed by atoms with van der Waals surface area (Å²) in [6.07, 6.45) is 1.97. The van der Waals surface area contributed by atoms with Crippen LogP contribution in [0.3, 0.4) is 0 Å². The van der Waals surface area contributed by atoms with E-state index in [2.05, 4.69) is 13.8 Å². The second kappa shape index (κ2) is 5.61. The minimum Gasteiger partial charge on any atom is -0.324 e. The van der Waals surface area contributed by atoms with Gasteiger partial charge in [-0.1, -0.05) is 38.8 Å². The van der Waals surface area contributed by atoms with Crippen LogP contribution in [-0.2, 0) is 0 Å². The molecule has 0 aromatic heterocycles. The molecule has 4 nitrogen and oxygen atoms in total. The Bertz CT molecular complexity index is 362. The minimum absolute atomic E-state index is 0.110. The van der Waals surface area contributed by atoms with Gasteiger partial charge in [0.1, 0.15) is 0 Å². The molecule has 1 unspecified atom stereocenters. The summed E-state index contributed by atoms with van der Waals surface area (Å²) in [5, 5.41) is 10.6. The number of benzene rings is 1. The zero-order valence-corrected chi connectivity index (χ0v) is 9.72. The molecule has 0 heterocycles. The molecule has 0 amide bonds. The zero-order chi connectivity index (χ0) is 12.1. The van der Waals surface area contributed by atoms with Crippen LogP contribution in [0.5, 0.6) is 0 Å². The number of nitrogens with zero attached hydrogens (tertiary/aromatic N) is 1. The molecule has 1 atom stereocenters. The topological polar surface area (TPSA) is 69.2 Å². The Morgan fingerprint density at radius 2 is 2.00 bits per heavy atom. The van der Waals surface area contributed by atoms with Gasteiger partial charge in [-0.2, -0.15) is 0 Å². The highest BCUT2D eigenvalue weighted by molar-refractivity contribution is 5.35.